The van der Waals surface area contributed by atoms with Gasteiger partial charge in [0.1, 0.15) is 5.82 Å². The second-order valence-corrected chi connectivity index (χ2v) is 6.73. The Hall–Kier alpha value is -2.32. The summed E-state index contributed by atoms with van der Waals surface area (Å²) in [6, 6.07) is 11.6. The molecule has 122 valence electrons. The molecule has 0 aliphatic rings. The summed E-state index contributed by atoms with van der Waals surface area (Å²) in [7, 11) is -3.65. The van der Waals surface area contributed by atoms with Crippen LogP contribution in [0.5, 0.6) is 0 Å². The summed E-state index contributed by atoms with van der Waals surface area (Å²) in [6.45, 7) is 0.134. The van der Waals surface area contributed by atoms with E-state index in [1.807, 2.05) is 0 Å². The molecule has 0 aliphatic heterocycles. The van der Waals surface area contributed by atoms with E-state index in [9.17, 15) is 22.9 Å². The summed E-state index contributed by atoms with van der Waals surface area (Å²) >= 11 is 0. The van der Waals surface area contributed by atoms with Gasteiger partial charge in [-0.3, -0.25) is 10.1 Å². The van der Waals surface area contributed by atoms with Crippen molar-refractivity contribution >= 4 is 15.7 Å². The van der Waals surface area contributed by atoms with Crippen molar-refractivity contribution in [1.82, 2.24) is 4.72 Å². The fourth-order valence-electron chi connectivity index (χ4n) is 2.01. The molecule has 0 unspecified atom stereocenters. The largest absolute Gasteiger partial charge is 0.269 e. The molecule has 1 N–H and O–H groups in total. The van der Waals surface area contributed by atoms with E-state index in [4.69, 9.17) is 0 Å². The summed E-state index contributed by atoms with van der Waals surface area (Å²) in [4.78, 5) is 10.0. The molecule has 0 bridgehead atoms. The number of hydrogen-bond donors (Lipinski definition) is 1. The lowest BCUT2D eigenvalue weighted by molar-refractivity contribution is -0.384. The minimum atomic E-state index is -3.65. The molecular weight excluding hydrogens is 323 g/mol. The molecule has 0 spiro atoms. The summed E-state index contributed by atoms with van der Waals surface area (Å²) in [5.74, 6) is -0.992. The van der Waals surface area contributed by atoms with Crippen LogP contribution in [0, 0.1) is 15.9 Å². The van der Waals surface area contributed by atoms with Crippen molar-refractivity contribution in [2.45, 2.75) is 12.2 Å². The average molecular weight is 338 g/mol. The number of nitro benzene ring substituents is 1. The Kier molecular flexibility index (Phi) is 5.41. The third-order valence-corrected chi connectivity index (χ3v) is 4.52. The van der Waals surface area contributed by atoms with Crippen LogP contribution in [0.3, 0.4) is 0 Å². The van der Waals surface area contributed by atoms with Gasteiger partial charge in [0.25, 0.3) is 5.69 Å². The standard InChI is InChI=1S/C15H15FN2O4S/c16-15-4-2-1-3-13(15)11-23(21,22)17-10-9-12-5-7-14(8-6-12)18(19)20/h1-8,17H,9-11H2. The third kappa shape index (κ3) is 5.11. The summed E-state index contributed by atoms with van der Waals surface area (Å²) in [5.41, 5.74) is 0.855. The quantitative estimate of drug-likeness (QED) is 0.620. The summed E-state index contributed by atoms with van der Waals surface area (Å²) < 4.78 is 39.7. The van der Waals surface area contributed by atoms with Crippen LogP contribution in [0.2, 0.25) is 0 Å². The van der Waals surface area contributed by atoms with E-state index in [1.165, 1.54) is 30.3 Å². The zero-order valence-corrected chi connectivity index (χ0v) is 12.9. The molecule has 0 heterocycles. The van der Waals surface area contributed by atoms with Gasteiger partial charge in [-0.1, -0.05) is 30.3 Å². The van der Waals surface area contributed by atoms with E-state index in [2.05, 4.69) is 4.72 Å². The maximum absolute atomic E-state index is 13.5. The zero-order chi connectivity index (χ0) is 16.9. The van der Waals surface area contributed by atoms with Gasteiger partial charge in [-0.05, 0) is 18.1 Å². The smallest absolute Gasteiger partial charge is 0.258 e. The first-order valence-electron chi connectivity index (χ1n) is 6.81. The van der Waals surface area contributed by atoms with Gasteiger partial charge in [0.05, 0.1) is 10.7 Å². The van der Waals surface area contributed by atoms with Crippen molar-refractivity contribution in [3.63, 3.8) is 0 Å². The van der Waals surface area contributed by atoms with E-state index in [-0.39, 0.29) is 17.8 Å². The lowest BCUT2D eigenvalue weighted by atomic mass is 10.1. The maximum atomic E-state index is 13.5. The van der Waals surface area contributed by atoms with Gasteiger partial charge in [0.15, 0.2) is 0 Å². The molecule has 23 heavy (non-hydrogen) atoms. The number of non-ortho nitro benzene ring substituents is 1. The predicted molar refractivity (Wildman–Crippen MR) is 83.8 cm³/mol. The van der Waals surface area contributed by atoms with Gasteiger partial charge in [-0.15, -0.1) is 0 Å². The van der Waals surface area contributed by atoms with Crippen LogP contribution in [0.1, 0.15) is 11.1 Å². The average Bonchev–Trinajstić information content (AvgIpc) is 2.50. The number of benzene rings is 2. The van der Waals surface area contributed by atoms with Crippen LogP contribution in [-0.4, -0.2) is 19.9 Å². The Balaban J connectivity index is 1.90. The molecule has 0 atom stereocenters. The maximum Gasteiger partial charge on any atom is 0.269 e. The van der Waals surface area contributed by atoms with Gasteiger partial charge in [-0.2, -0.15) is 0 Å². The second-order valence-electron chi connectivity index (χ2n) is 4.92. The first-order chi connectivity index (χ1) is 10.9. The highest BCUT2D eigenvalue weighted by atomic mass is 32.2. The number of nitrogens with zero attached hydrogens (tertiary/aromatic N) is 1. The fraction of sp³-hybridized carbons (Fsp3) is 0.200. The van der Waals surface area contributed by atoms with Crippen molar-refractivity contribution in [3.8, 4) is 0 Å². The lowest BCUT2D eigenvalue weighted by Gasteiger charge is -2.07. The molecule has 0 aliphatic carbocycles. The number of sulfonamides is 1. The molecule has 2 aromatic rings. The highest BCUT2D eigenvalue weighted by Crippen LogP contribution is 2.13. The second kappa shape index (κ2) is 7.30. The molecule has 2 rings (SSSR count). The Morgan fingerprint density at radius 3 is 2.35 bits per heavy atom. The van der Waals surface area contributed by atoms with Crippen LogP contribution in [0.4, 0.5) is 10.1 Å². The van der Waals surface area contributed by atoms with Gasteiger partial charge >= 0.3 is 0 Å². The van der Waals surface area contributed by atoms with E-state index in [0.29, 0.717) is 6.42 Å². The van der Waals surface area contributed by atoms with Gasteiger partial charge in [-0.25, -0.2) is 17.5 Å². The summed E-state index contributed by atoms with van der Waals surface area (Å²) in [6.07, 6.45) is 0.383. The lowest BCUT2D eigenvalue weighted by Crippen LogP contribution is -2.27. The highest BCUT2D eigenvalue weighted by Gasteiger charge is 2.14. The molecule has 0 fully saturated rings. The van der Waals surface area contributed by atoms with E-state index >= 15 is 0 Å². The van der Waals surface area contributed by atoms with Crippen molar-refractivity contribution in [2.24, 2.45) is 0 Å². The SMILES string of the molecule is O=[N+]([O-])c1ccc(CCNS(=O)(=O)Cc2ccccc2F)cc1. The molecule has 6 nitrogen and oxygen atoms in total. The van der Waals surface area contributed by atoms with Crippen molar-refractivity contribution in [1.29, 1.82) is 0 Å². The van der Waals surface area contributed by atoms with Gasteiger partial charge in [0, 0.05) is 24.2 Å². The molecule has 2 aromatic carbocycles. The van der Waals surface area contributed by atoms with Crippen molar-refractivity contribution < 1.29 is 17.7 Å². The number of rotatable bonds is 7. The first-order valence-corrected chi connectivity index (χ1v) is 8.47. The highest BCUT2D eigenvalue weighted by molar-refractivity contribution is 7.88. The Morgan fingerprint density at radius 1 is 1.09 bits per heavy atom. The van der Waals surface area contributed by atoms with Crippen LogP contribution < -0.4 is 4.72 Å². The van der Waals surface area contributed by atoms with Crippen molar-refractivity contribution in [2.75, 3.05) is 6.54 Å². The predicted octanol–water partition coefficient (Wildman–Crippen LogP) is 2.40. The number of nitrogens with one attached hydrogen (secondary N) is 1. The molecular formula is C15H15FN2O4S. The molecule has 0 amide bonds. The van der Waals surface area contributed by atoms with Crippen LogP contribution in [0.25, 0.3) is 0 Å². The van der Waals surface area contributed by atoms with E-state index in [1.54, 1.807) is 18.2 Å². The fourth-order valence-corrected chi connectivity index (χ4v) is 3.17. The Bertz CT molecular complexity index is 791. The molecule has 0 aromatic heterocycles. The van der Waals surface area contributed by atoms with Crippen LogP contribution in [-0.2, 0) is 22.2 Å². The Labute approximate surface area is 133 Å². The normalized spacial score (nSPS) is 11.3. The zero-order valence-electron chi connectivity index (χ0n) is 12.1. The summed E-state index contributed by atoms with van der Waals surface area (Å²) in [5, 5.41) is 10.5. The minimum absolute atomic E-state index is 0.0196. The molecule has 8 heteroatoms. The molecule has 0 saturated carbocycles. The number of nitro groups is 1. The van der Waals surface area contributed by atoms with E-state index in [0.717, 1.165) is 5.56 Å². The number of halogens is 1. The van der Waals surface area contributed by atoms with E-state index < -0.39 is 26.5 Å². The Morgan fingerprint density at radius 2 is 1.74 bits per heavy atom. The third-order valence-electron chi connectivity index (χ3n) is 3.19. The molecule has 0 radical (unpaired) electrons. The van der Waals surface area contributed by atoms with Crippen LogP contribution >= 0.6 is 0 Å². The van der Waals surface area contributed by atoms with Crippen molar-refractivity contribution in [3.05, 3.63) is 75.6 Å². The topological polar surface area (TPSA) is 89.3 Å². The van der Waals surface area contributed by atoms with Gasteiger partial charge < -0.3 is 0 Å². The minimum Gasteiger partial charge on any atom is -0.258 e. The van der Waals surface area contributed by atoms with Crippen LogP contribution in [0.15, 0.2) is 48.5 Å². The van der Waals surface area contributed by atoms with Gasteiger partial charge in [0.2, 0.25) is 10.0 Å². The number of hydrogen-bond acceptors (Lipinski definition) is 4. The molecule has 0 saturated heterocycles. The first kappa shape index (κ1) is 17.0. The monoisotopic (exact) mass is 338 g/mol.